The van der Waals surface area contributed by atoms with Gasteiger partial charge in [0.2, 0.25) is 0 Å². The minimum atomic E-state index is -1.93. The summed E-state index contributed by atoms with van der Waals surface area (Å²) in [5.41, 5.74) is 0.500. The Morgan fingerprint density at radius 1 is 0.425 bits per heavy atom. The Balaban J connectivity index is -0.000000146. The molecule has 0 aliphatic rings. The Labute approximate surface area is 259 Å². The van der Waals surface area contributed by atoms with E-state index in [1.807, 2.05) is 0 Å². The van der Waals surface area contributed by atoms with Gasteiger partial charge in [0.15, 0.2) is 0 Å². The zero-order chi connectivity index (χ0) is 33.7. The van der Waals surface area contributed by atoms with Gasteiger partial charge in [-0.15, -0.1) is 0 Å². The number of hydrogen-bond acceptors (Lipinski definition) is 9. The Morgan fingerprint density at radius 3 is 0.550 bits per heavy atom. The van der Waals surface area contributed by atoms with Crippen LogP contribution in [0.15, 0.2) is 0 Å². The van der Waals surface area contributed by atoms with Gasteiger partial charge in [0, 0.05) is 0 Å². The molecule has 0 heterocycles. The number of rotatable bonds is 12. The Kier molecular flexibility index (Phi) is 30.6. The molecular formula is C30H66MoO9-2. The summed E-state index contributed by atoms with van der Waals surface area (Å²) in [6, 6.07) is 0. The molecule has 9 nitrogen and oxygen atoms in total. The second kappa shape index (κ2) is 24.6. The van der Waals surface area contributed by atoms with Crippen molar-refractivity contribution in [2.75, 3.05) is 0 Å². The predicted octanol–water partition coefficient (Wildman–Crippen LogP) is 7.34. The topological polar surface area (TPSA) is 113 Å². The number of ether oxygens (including phenoxy) is 6. The molecule has 0 radical (unpaired) electrons. The van der Waals surface area contributed by atoms with Gasteiger partial charge in [0.05, 0.1) is 36.6 Å². The first kappa shape index (κ1) is 49.8. The zero-order valence-corrected chi connectivity index (χ0v) is 31.0. The van der Waals surface area contributed by atoms with Crippen molar-refractivity contribution in [1.29, 1.82) is 0 Å². The van der Waals surface area contributed by atoms with Crippen molar-refractivity contribution in [2.24, 2.45) is 10.8 Å². The summed E-state index contributed by atoms with van der Waals surface area (Å²) >= 11 is 0.700. The van der Waals surface area contributed by atoms with Crippen molar-refractivity contribution in [3.05, 3.63) is 13.8 Å². The predicted molar refractivity (Wildman–Crippen MR) is 158 cm³/mol. The Bertz CT molecular complexity index is 439. The number of aliphatic hydroxyl groups is 2. The molecule has 248 valence electrons. The van der Waals surface area contributed by atoms with Crippen LogP contribution in [-0.4, -0.2) is 59.2 Å². The van der Waals surface area contributed by atoms with Crippen LogP contribution in [0.4, 0.5) is 0 Å². The molecule has 0 aromatic heterocycles. The molecule has 0 saturated heterocycles. The van der Waals surface area contributed by atoms with Crippen molar-refractivity contribution in [3.63, 3.8) is 0 Å². The molecule has 0 aromatic carbocycles. The van der Waals surface area contributed by atoms with Gasteiger partial charge >= 0.3 is 35.5 Å². The van der Waals surface area contributed by atoms with Crippen molar-refractivity contribution in [2.45, 2.75) is 174 Å². The van der Waals surface area contributed by atoms with Gasteiger partial charge in [-0.25, -0.2) is 0 Å². The molecule has 0 rings (SSSR count). The summed E-state index contributed by atoms with van der Waals surface area (Å²) in [6.07, 6.45) is -4.88. The standard InChI is InChI=1S/2C10H22O4.2C5H11.Mo.O/c2*1-7(2)12-10(11,13-8(3)4)14-9(5)6;2*1-5(2,3)4;;/h2*7-9,11H,1-6H3;2*1H2,2-4H3;;/q;;2*-1;;. The third kappa shape index (κ3) is 57.9. The van der Waals surface area contributed by atoms with Crippen LogP contribution in [-0.2, 0) is 51.6 Å². The molecule has 0 bridgehead atoms. The zero-order valence-electron chi connectivity index (χ0n) is 29.0. The molecule has 0 aliphatic carbocycles. The minimum absolute atomic E-state index is 0.169. The molecule has 0 aromatic rings. The van der Waals surface area contributed by atoms with E-state index in [1.54, 1.807) is 83.1 Å². The maximum atomic E-state index is 9.86. The average Bonchev–Trinajstić information content (AvgIpc) is 2.55. The van der Waals surface area contributed by atoms with Crippen molar-refractivity contribution in [3.8, 4) is 0 Å². The SMILES string of the molecule is CC(C)OC(O)(OC(C)C)OC(C)C.CC(C)OC(O)(OC(C)C)OC(C)C.[CH2-]C(C)(C)C.[CH2-]C(C)(C)C.[O]=[Mo]. The first-order chi connectivity index (χ1) is 17.5. The normalized spacial score (nSPS) is 12.4. The monoisotopic (exact) mass is 668 g/mol. The van der Waals surface area contributed by atoms with Gasteiger partial charge in [-0.1, -0.05) is 41.5 Å². The maximum absolute atomic E-state index is 9.86. The van der Waals surface area contributed by atoms with Crippen LogP contribution < -0.4 is 0 Å². The van der Waals surface area contributed by atoms with Crippen LogP contribution in [0.25, 0.3) is 0 Å². The van der Waals surface area contributed by atoms with E-state index in [9.17, 15) is 10.2 Å². The molecule has 0 amide bonds. The second-order valence-corrected chi connectivity index (χ2v) is 13.2. The van der Waals surface area contributed by atoms with Crippen LogP contribution in [0, 0.1) is 24.7 Å². The molecule has 0 saturated carbocycles. The van der Waals surface area contributed by atoms with Gasteiger partial charge in [-0.3, -0.25) is 0 Å². The number of hydrogen-bond donors (Lipinski definition) is 2. The fourth-order valence-corrected chi connectivity index (χ4v) is 1.95. The van der Waals surface area contributed by atoms with Crippen LogP contribution in [0.3, 0.4) is 0 Å². The van der Waals surface area contributed by atoms with E-state index in [0.29, 0.717) is 19.8 Å². The fourth-order valence-electron chi connectivity index (χ4n) is 1.95. The Hall–Kier alpha value is 0.168. The van der Waals surface area contributed by atoms with E-state index < -0.39 is 12.3 Å². The average molecular weight is 667 g/mol. The van der Waals surface area contributed by atoms with Gasteiger partial charge in [0.1, 0.15) is 0 Å². The summed E-state index contributed by atoms with van der Waals surface area (Å²) in [6.45, 7) is 41.6. The summed E-state index contributed by atoms with van der Waals surface area (Å²) < 4.78 is 39.3. The molecule has 0 aliphatic heterocycles. The van der Waals surface area contributed by atoms with Crippen LogP contribution in [0.5, 0.6) is 0 Å². The van der Waals surface area contributed by atoms with Crippen molar-refractivity contribution in [1.82, 2.24) is 0 Å². The molecule has 2 N–H and O–H groups in total. The summed E-state index contributed by atoms with van der Waals surface area (Å²) in [5.74, 6) is 0. The third-order valence-electron chi connectivity index (χ3n) is 2.31. The summed E-state index contributed by atoms with van der Waals surface area (Å²) in [4.78, 5) is 0. The van der Waals surface area contributed by atoms with Crippen LogP contribution in [0.1, 0.15) is 125 Å². The van der Waals surface area contributed by atoms with Crippen molar-refractivity contribution < 1.29 is 61.8 Å². The fraction of sp³-hybridized carbons (Fsp3) is 0.933. The van der Waals surface area contributed by atoms with E-state index in [-0.39, 0.29) is 47.5 Å². The molecule has 0 spiro atoms. The molecule has 0 fully saturated rings. The molecule has 10 heteroatoms. The molecule has 0 atom stereocenters. The molecule has 0 unspecified atom stereocenters. The third-order valence-corrected chi connectivity index (χ3v) is 2.31. The quantitative estimate of drug-likeness (QED) is 0.126. The van der Waals surface area contributed by atoms with E-state index in [4.69, 9.17) is 31.8 Å². The van der Waals surface area contributed by atoms with E-state index in [0.717, 1.165) is 0 Å². The van der Waals surface area contributed by atoms with Crippen LogP contribution >= 0.6 is 0 Å². The van der Waals surface area contributed by atoms with E-state index in [1.165, 1.54) is 0 Å². The summed E-state index contributed by atoms with van der Waals surface area (Å²) in [7, 11) is 0. The first-order valence-corrected chi connectivity index (χ1v) is 14.7. The van der Waals surface area contributed by atoms with Gasteiger partial charge < -0.3 is 52.5 Å². The molecule has 40 heavy (non-hydrogen) atoms. The van der Waals surface area contributed by atoms with Gasteiger partial charge in [-0.2, -0.15) is 10.8 Å². The van der Waals surface area contributed by atoms with E-state index in [2.05, 4.69) is 55.4 Å². The van der Waals surface area contributed by atoms with Gasteiger partial charge in [0.25, 0.3) is 0 Å². The van der Waals surface area contributed by atoms with Gasteiger partial charge in [-0.05, 0) is 83.1 Å². The van der Waals surface area contributed by atoms with Crippen LogP contribution in [0.2, 0.25) is 0 Å². The van der Waals surface area contributed by atoms with Crippen molar-refractivity contribution >= 4 is 0 Å². The molecular weight excluding hydrogens is 600 g/mol. The van der Waals surface area contributed by atoms with E-state index >= 15 is 0 Å². The summed E-state index contributed by atoms with van der Waals surface area (Å²) in [5, 5.41) is 19.7. The Morgan fingerprint density at radius 2 is 0.500 bits per heavy atom. The first-order valence-electron chi connectivity index (χ1n) is 13.9. The second-order valence-electron chi connectivity index (χ2n) is 13.2.